The Hall–Kier alpha value is -1.13. The van der Waals surface area contributed by atoms with Gasteiger partial charge >= 0.3 is 0 Å². The Labute approximate surface area is 77.1 Å². The van der Waals surface area contributed by atoms with Crippen LogP contribution in [0, 0.1) is 6.92 Å². The van der Waals surface area contributed by atoms with E-state index in [1.54, 1.807) is 12.1 Å². The standard InChI is InChI=1S/C9H13NO3/c1-6-4-5-7(11)8(10-6)9(12-2)13-3/h4-5,9,11H,1-3H3. The van der Waals surface area contributed by atoms with Gasteiger partial charge in [0, 0.05) is 19.9 Å². The van der Waals surface area contributed by atoms with Crippen LogP contribution in [0.3, 0.4) is 0 Å². The Morgan fingerprint density at radius 2 is 1.92 bits per heavy atom. The van der Waals surface area contributed by atoms with Crippen LogP contribution >= 0.6 is 0 Å². The fourth-order valence-corrected chi connectivity index (χ4v) is 1.06. The highest BCUT2D eigenvalue weighted by Crippen LogP contribution is 2.24. The quantitative estimate of drug-likeness (QED) is 0.719. The molecule has 13 heavy (non-hydrogen) atoms. The summed E-state index contributed by atoms with van der Waals surface area (Å²) in [5.41, 5.74) is 1.22. The van der Waals surface area contributed by atoms with Crippen molar-refractivity contribution in [2.24, 2.45) is 0 Å². The summed E-state index contributed by atoms with van der Waals surface area (Å²) in [6, 6.07) is 3.30. The maximum atomic E-state index is 9.45. The van der Waals surface area contributed by atoms with Crippen LogP contribution in [0.1, 0.15) is 17.7 Å². The molecule has 0 radical (unpaired) electrons. The number of aromatic nitrogens is 1. The van der Waals surface area contributed by atoms with E-state index in [-0.39, 0.29) is 5.75 Å². The van der Waals surface area contributed by atoms with E-state index in [1.807, 2.05) is 6.92 Å². The molecule has 4 heteroatoms. The van der Waals surface area contributed by atoms with Gasteiger partial charge in [-0.1, -0.05) is 0 Å². The molecule has 1 rings (SSSR count). The minimum Gasteiger partial charge on any atom is -0.506 e. The summed E-state index contributed by atoms with van der Waals surface area (Å²) >= 11 is 0. The van der Waals surface area contributed by atoms with E-state index in [0.717, 1.165) is 5.69 Å². The van der Waals surface area contributed by atoms with Crippen molar-refractivity contribution in [3.05, 3.63) is 23.5 Å². The smallest absolute Gasteiger partial charge is 0.204 e. The van der Waals surface area contributed by atoms with Crippen molar-refractivity contribution < 1.29 is 14.6 Å². The highest BCUT2D eigenvalue weighted by Gasteiger charge is 2.15. The molecule has 0 saturated heterocycles. The van der Waals surface area contributed by atoms with E-state index in [9.17, 15) is 5.11 Å². The summed E-state index contributed by atoms with van der Waals surface area (Å²) in [5.74, 6) is 0.0827. The molecular weight excluding hydrogens is 170 g/mol. The lowest BCUT2D eigenvalue weighted by Crippen LogP contribution is -2.06. The molecule has 0 atom stereocenters. The van der Waals surface area contributed by atoms with Crippen molar-refractivity contribution in [3.63, 3.8) is 0 Å². The Kier molecular flexibility index (Phi) is 3.22. The van der Waals surface area contributed by atoms with E-state index in [4.69, 9.17) is 9.47 Å². The van der Waals surface area contributed by atoms with Crippen molar-refractivity contribution in [2.45, 2.75) is 13.2 Å². The molecule has 72 valence electrons. The molecule has 0 aliphatic heterocycles. The van der Waals surface area contributed by atoms with Crippen molar-refractivity contribution in [3.8, 4) is 5.75 Å². The Bertz CT molecular complexity index is 284. The van der Waals surface area contributed by atoms with Crippen LogP contribution in [-0.2, 0) is 9.47 Å². The predicted octanol–water partition coefficient (Wildman–Crippen LogP) is 1.39. The second-order valence-electron chi connectivity index (χ2n) is 2.66. The number of methoxy groups -OCH3 is 2. The summed E-state index contributed by atoms with van der Waals surface area (Å²) < 4.78 is 9.95. The van der Waals surface area contributed by atoms with Crippen LogP contribution in [-0.4, -0.2) is 24.3 Å². The minimum atomic E-state index is -0.611. The molecule has 0 saturated carbocycles. The number of rotatable bonds is 3. The second kappa shape index (κ2) is 4.20. The molecule has 0 aromatic carbocycles. The van der Waals surface area contributed by atoms with Crippen molar-refractivity contribution in [2.75, 3.05) is 14.2 Å². The van der Waals surface area contributed by atoms with Crippen LogP contribution in [0.25, 0.3) is 0 Å². The van der Waals surface area contributed by atoms with E-state index in [2.05, 4.69) is 4.98 Å². The van der Waals surface area contributed by atoms with Gasteiger partial charge < -0.3 is 14.6 Å². The van der Waals surface area contributed by atoms with E-state index in [1.165, 1.54) is 14.2 Å². The Balaban J connectivity index is 3.03. The highest BCUT2D eigenvalue weighted by molar-refractivity contribution is 5.28. The molecule has 1 aromatic rings. The number of hydrogen-bond donors (Lipinski definition) is 1. The molecule has 0 unspecified atom stereocenters. The first kappa shape index (κ1) is 9.95. The molecule has 0 bridgehead atoms. The summed E-state index contributed by atoms with van der Waals surface area (Å²) in [4.78, 5) is 4.11. The second-order valence-corrected chi connectivity index (χ2v) is 2.66. The van der Waals surface area contributed by atoms with Crippen molar-refractivity contribution in [1.29, 1.82) is 0 Å². The van der Waals surface area contributed by atoms with Gasteiger partial charge in [0.1, 0.15) is 11.4 Å². The molecule has 0 aliphatic carbocycles. The molecule has 0 fully saturated rings. The van der Waals surface area contributed by atoms with Crippen molar-refractivity contribution >= 4 is 0 Å². The van der Waals surface area contributed by atoms with Gasteiger partial charge in [-0.05, 0) is 19.1 Å². The Morgan fingerprint density at radius 3 is 2.46 bits per heavy atom. The number of pyridine rings is 1. The molecule has 0 amide bonds. The zero-order valence-corrected chi connectivity index (χ0v) is 7.94. The third-order valence-electron chi connectivity index (χ3n) is 1.69. The summed E-state index contributed by atoms with van der Waals surface area (Å²) in [6.45, 7) is 1.84. The lowest BCUT2D eigenvalue weighted by atomic mass is 10.3. The maximum absolute atomic E-state index is 9.45. The number of nitrogens with zero attached hydrogens (tertiary/aromatic N) is 1. The molecule has 1 N–H and O–H groups in total. The highest BCUT2D eigenvalue weighted by atomic mass is 16.7. The molecule has 1 heterocycles. The number of ether oxygens (including phenoxy) is 2. The third kappa shape index (κ3) is 2.17. The fraction of sp³-hybridized carbons (Fsp3) is 0.444. The lowest BCUT2D eigenvalue weighted by Gasteiger charge is -2.14. The van der Waals surface area contributed by atoms with Crippen LogP contribution in [0.4, 0.5) is 0 Å². The maximum Gasteiger partial charge on any atom is 0.204 e. The minimum absolute atomic E-state index is 0.0827. The monoisotopic (exact) mass is 183 g/mol. The van der Waals surface area contributed by atoms with Crippen LogP contribution < -0.4 is 0 Å². The molecular formula is C9H13NO3. The molecule has 1 aromatic heterocycles. The van der Waals surface area contributed by atoms with Gasteiger partial charge in [0.05, 0.1) is 0 Å². The lowest BCUT2D eigenvalue weighted by molar-refractivity contribution is -0.109. The van der Waals surface area contributed by atoms with Gasteiger partial charge in [-0.3, -0.25) is 0 Å². The van der Waals surface area contributed by atoms with Gasteiger partial charge in [0.2, 0.25) is 6.29 Å². The zero-order chi connectivity index (χ0) is 9.84. The summed E-state index contributed by atoms with van der Waals surface area (Å²) in [6.07, 6.45) is -0.611. The zero-order valence-electron chi connectivity index (χ0n) is 7.94. The SMILES string of the molecule is COC(OC)c1nc(C)ccc1O. The average molecular weight is 183 g/mol. The first-order chi connectivity index (χ1) is 6.19. The Morgan fingerprint density at radius 1 is 1.31 bits per heavy atom. The predicted molar refractivity (Wildman–Crippen MR) is 47.4 cm³/mol. The average Bonchev–Trinajstić information content (AvgIpc) is 2.13. The van der Waals surface area contributed by atoms with Gasteiger partial charge in [0.25, 0.3) is 0 Å². The van der Waals surface area contributed by atoms with Gasteiger partial charge in [0.15, 0.2) is 0 Å². The van der Waals surface area contributed by atoms with Gasteiger partial charge in [-0.2, -0.15) is 0 Å². The van der Waals surface area contributed by atoms with E-state index >= 15 is 0 Å². The summed E-state index contributed by atoms with van der Waals surface area (Å²) in [5, 5.41) is 9.45. The first-order valence-corrected chi connectivity index (χ1v) is 3.91. The third-order valence-corrected chi connectivity index (χ3v) is 1.69. The van der Waals surface area contributed by atoms with E-state index in [0.29, 0.717) is 5.69 Å². The van der Waals surface area contributed by atoms with E-state index < -0.39 is 6.29 Å². The van der Waals surface area contributed by atoms with Crippen LogP contribution in [0.2, 0.25) is 0 Å². The van der Waals surface area contributed by atoms with Gasteiger partial charge in [-0.15, -0.1) is 0 Å². The number of aryl methyl sites for hydroxylation is 1. The molecule has 0 aliphatic rings. The van der Waals surface area contributed by atoms with Gasteiger partial charge in [-0.25, -0.2) is 4.98 Å². The molecule has 4 nitrogen and oxygen atoms in total. The van der Waals surface area contributed by atoms with Crippen LogP contribution in [0.5, 0.6) is 5.75 Å². The number of hydrogen-bond acceptors (Lipinski definition) is 4. The topological polar surface area (TPSA) is 51.6 Å². The fourth-order valence-electron chi connectivity index (χ4n) is 1.06. The molecule has 0 spiro atoms. The first-order valence-electron chi connectivity index (χ1n) is 3.91. The normalized spacial score (nSPS) is 10.8. The largest absolute Gasteiger partial charge is 0.506 e. The number of aromatic hydroxyl groups is 1. The summed E-state index contributed by atoms with van der Waals surface area (Å²) in [7, 11) is 3.00. The van der Waals surface area contributed by atoms with Crippen LogP contribution in [0.15, 0.2) is 12.1 Å². The van der Waals surface area contributed by atoms with Crippen molar-refractivity contribution in [1.82, 2.24) is 4.98 Å².